The van der Waals surface area contributed by atoms with Gasteiger partial charge in [0.25, 0.3) is 0 Å². The fraction of sp³-hybridized carbons (Fsp3) is 0.308. The second-order valence-corrected chi connectivity index (χ2v) is 8.13. The van der Waals surface area contributed by atoms with Gasteiger partial charge in [-0.05, 0) is 5.56 Å². The van der Waals surface area contributed by atoms with Gasteiger partial charge >= 0.3 is 0 Å². The predicted molar refractivity (Wildman–Crippen MR) is 117 cm³/mol. The Morgan fingerprint density at radius 2 is 1.07 bits per heavy atom. The molecule has 150 valence electrons. The van der Waals surface area contributed by atoms with Crippen molar-refractivity contribution in [2.24, 2.45) is 0 Å². The summed E-state index contributed by atoms with van der Waals surface area (Å²) in [5.41, 5.74) is 3.83. The molecule has 3 aromatic rings. The van der Waals surface area contributed by atoms with Crippen molar-refractivity contribution in [1.82, 2.24) is 0 Å². The first-order valence-electron chi connectivity index (χ1n) is 10.8. The Balaban J connectivity index is 1.37. The van der Waals surface area contributed by atoms with Gasteiger partial charge in [0, 0.05) is 17.5 Å². The van der Waals surface area contributed by atoms with Crippen LogP contribution in [0.5, 0.6) is 0 Å². The number of hydrogen-bond acceptors (Lipinski definition) is 1. The van der Waals surface area contributed by atoms with Gasteiger partial charge in [0.15, 0.2) is 0 Å². The smallest absolute Gasteiger partial charge is 0.139 e. The molecule has 0 bridgehead atoms. The molecule has 0 spiro atoms. The number of benzene rings is 3. The number of rotatable bonds is 7. The van der Waals surface area contributed by atoms with Gasteiger partial charge < -0.3 is 14.9 Å². The number of aliphatic hydroxyl groups is 1. The van der Waals surface area contributed by atoms with E-state index in [0.29, 0.717) is 6.04 Å². The van der Waals surface area contributed by atoms with E-state index in [1.54, 1.807) is 9.80 Å². The zero-order valence-electron chi connectivity index (χ0n) is 17.0. The van der Waals surface area contributed by atoms with E-state index in [1.165, 1.54) is 11.1 Å². The van der Waals surface area contributed by atoms with Crippen LogP contribution in [-0.2, 0) is 0 Å². The highest BCUT2D eigenvalue weighted by Gasteiger charge is 2.31. The highest BCUT2D eigenvalue weighted by molar-refractivity contribution is 5.29. The van der Waals surface area contributed by atoms with Crippen LogP contribution in [0, 0.1) is 0 Å². The van der Waals surface area contributed by atoms with Crippen molar-refractivity contribution < 1.29 is 14.9 Å². The van der Waals surface area contributed by atoms with Gasteiger partial charge in [-0.1, -0.05) is 91.0 Å². The van der Waals surface area contributed by atoms with E-state index in [0.717, 1.165) is 44.7 Å². The first kappa shape index (κ1) is 19.8. The summed E-state index contributed by atoms with van der Waals surface area (Å²) >= 11 is 0. The first-order chi connectivity index (χ1) is 14.3. The van der Waals surface area contributed by atoms with Gasteiger partial charge in [0.05, 0.1) is 12.6 Å². The Morgan fingerprint density at radius 1 is 0.621 bits per heavy atom. The lowest BCUT2D eigenvalue weighted by Crippen LogP contribution is -3.28. The molecule has 29 heavy (non-hydrogen) atoms. The standard InChI is InChI=1S/C26H30N2O/c29-25(22-10-4-1-5-11-22)16-17-27-18-20-28(21-19-27)26(23-12-6-2-7-13-23)24-14-8-3-9-15-24/h1-15,25-26,29H,16-21H2/p+2/t25-/m1/s1. The normalized spacial score (nSPS) is 20.5. The minimum Gasteiger partial charge on any atom is -0.388 e. The van der Waals surface area contributed by atoms with Crippen molar-refractivity contribution in [3.8, 4) is 0 Å². The summed E-state index contributed by atoms with van der Waals surface area (Å²) in [6, 6.07) is 32.3. The zero-order valence-corrected chi connectivity index (χ0v) is 17.0. The van der Waals surface area contributed by atoms with E-state index < -0.39 is 0 Å². The molecule has 0 amide bonds. The highest BCUT2D eigenvalue weighted by Crippen LogP contribution is 2.19. The molecule has 0 aromatic heterocycles. The average molecular weight is 389 g/mol. The van der Waals surface area contributed by atoms with Gasteiger partial charge in [0.2, 0.25) is 0 Å². The van der Waals surface area contributed by atoms with Crippen molar-refractivity contribution in [3.63, 3.8) is 0 Å². The summed E-state index contributed by atoms with van der Waals surface area (Å²) in [7, 11) is 0. The quantitative estimate of drug-likeness (QED) is 0.565. The Kier molecular flexibility index (Phi) is 6.73. The minimum atomic E-state index is -0.351. The summed E-state index contributed by atoms with van der Waals surface area (Å²) in [5, 5.41) is 10.5. The Hall–Kier alpha value is -2.46. The monoisotopic (exact) mass is 388 g/mol. The molecule has 0 unspecified atom stereocenters. The molecule has 3 heteroatoms. The van der Waals surface area contributed by atoms with Crippen LogP contribution in [0.15, 0.2) is 91.0 Å². The second kappa shape index (κ2) is 9.84. The van der Waals surface area contributed by atoms with Crippen molar-refractivity contribution in [1.29, 1.82) is 0 Å². The van der Waals surface area contributed by atoms with Crippen LogP contribution in [0.1, 0.15) is 35.3 Å². The van der Waals surface area contributed by atoms with Crippen LogP contribution in [0.3, 0.4) is 0 Å². The largest absolute Gasteiger partial charge is 0.388 e. The van der Waals surface area contributed by atoms with Crippen LogP contribution in [0.2, 0.25) is 0 Å². The number of aliphatic hydroxyl groups excluding tert-OH is 1. The molecular weight excluding hydrogens is 356 g/mol. The maximum Gasteiger partial charge on any atom is 0.139 e. The SMILES string of the molecule is O[C@H](CC[NH+]1CC[NH+](C(c2ccccc2)c2ccccc2)CC1)c1ccccc1. The van der Waals surface area contributed by atoms with Crippen molar-refractivity contribution >= 4 is 0 Å². The number of quaternary nitrogens is 2. The van der Waals surface area contributed by atoms with E-state index >= 15 is 0 Å². The number of nitrogens with one attached hydrogen (secondary N) is 2. The summed E-state index contributed by atoms with van der Waals surface area (Å²) < 4.78 is 0. The molecule has 3 aromatic carbocycles. The Labute approximate surface area is 174 Å². The first-order valence-corrected chi connectivity index (χ1v) is 10.8. The average Bonchev–Trinajstić information content (AvgIpc) is 2.80. The van der Waals surface area contributed by atoms with Crippen molar-refractivity contribution in [2.75, 3.05) is 32.7 Å². The van der Waals surface area contributed by atoms with Crippen LogP contribution in [0.25, 0.3) is 0 Å². The minimum absolute atomic E-state index is 0.351. The van der Waals surface area contributed by atoms with Gasteiger partial charge in [-0.25, -0.2) is 0 Å². The van der Waals surface area contributed by atoms with E-state index in [4.69, 9.17) is 0 Å². The van der Waals surface area contributed by atoms with E-state index in [-0.39, 0.29) is 6.10 Å². The third-order valence-electron chi connectivity index (χ3n) is 6.23. The highest BCUT2D eigenvalue weighted by atomic mass is 16.3. The molecule has 1 heterocycles. The van der Waals surface area contributed by atoms with Gasteiger partial charge in [-0.3, -0.25) is 0 Å². The van der Waals surface area contributed by atoms with Crippen LogP contribution >= 0.6 is 0 Å². The Bertz CT molecular complexity index is 806. The second-order valence-electron chi connectivity index (χ2n) is 8.13. The van der Waals surface area contributed by atoms with Gasteiger partial charge in [0.1, 0.15) is 32.2 Å². The van der Waals surface area contributed by atoms with Crippen molar-refractivity contribution in [3.05, 3.63) is 108 Å². The van der Waals surface area contributed by atoms with Crippen LogP contribution in [-0.4, -0.2) is 37.8 Å². The molecule has 0 aliphatic carbocycles. The molecule has 1 saturated heterocycles. The van der Waals surface area contributed by atoms with E-state index in [2.05, 4.69) is 60.7 Å². The molecule has 0 radical (unpaired) electrons. The maximum absolute atomic E-state index is 10.5. The molecule has 4 rings (SSSR count). The van der Waals surface area contributed by atoms with Crippen molar-refractivity contribution in [2.45, 2.75) is 18.6 Å². The molecular formula is C26H32N2O+2. The van der Waals surface area contributed by atoms with E-state index in [9.17, 15) is 5.11 Å². The van der Waals surface area contributed by atoms with Gasteiger partial charge in [-0.2, -0.15) is 0 Å². The topological polar surface area (TPSA) is 29.1 Å². The predicted octanol–water partition coefficient (Wildman–Crippen LogP) is 1.68. The molecule has 1 fully saturated rings. The summed E-state index contributed by atoms with van der Waals surface area (Å²) in [4.78, 5) is 3.26. The molecule has 1 atom stereocenters. The molecule has 1 aliphatic heterocycles. The molecule has 3 nitrogen and oxygen atoms in total. The molecule has 1 aliphatic rings. The lowest BCUT2D eigenvalue weighted by Gasteiger charge is -2.35. The zero-order chi connectivity index (χ0) is 19.9. The lowest BCUT2D eigenvalue weighted by molar-refractivity contribution is -1.02. The summed E-state index contributed by atoms with van der Waals surface area (Å²) in [6.07, 6.45) is 0.477. The Morgan fingerprint density at radius 3 is 1.55 bits per heavy atom. The number of piperazine rings is 1. The third kappa shape index (κ3) is 5.13. The molecule has 0 saturated carbocycles. The van der Waals surface area contributed by atoms with Gasteiger partial charge in [-0.15, -0.1) is 0 Å². The third-order valence-corrected chi connectivity index (χ3v) is 6.23. The maximum atomic E-state index is 10.5. The fourth-order valence-electron chi connectivity index (χ4n) is 4.60. The van der Waals surface area contributed by atoms with Crippen LogP contribution < -0.4 is 9.80 Å². The summed E-state index contributed by atoms with van der Waals surface area (Å²) in [6.45, 7) is 5.67. The van der Waals surface area contributed by atoms with Crippen LogP contribution in [0.4, 0.5) is 0 Å². The molecule has 3 N–H and O–H groups in total. The number of hydrogen-bond donors (Lipinski definition) is 3. The van der Waals surface area contributed by atoms with E-state index in [1.807, 2.05) is 30.3 Å². The lowest BCUT2D eigenvalue weighted by atomic mass is 9.96. The summed E-state index contributed by atoms with van der Waals surface area (Å²) in [5.74, 6) is 0. The fourth-order valence-corrected chi connectivity index (χ4v) is 4.60.